The molecule has 2 heterocycles. The highest BCUT2D eigenvalue weighted by Crippen LogP contribution is 2.20. The molecule has 0 saturated heterocycles. The molecular weight excluding hydrogens is 350 g/mol. The van der Waals surface area contributed by atoms with Gasteiger partial charge in [0, 0.05) is 35.9 Å². The topological polar surface area (TPSA) is 71.8 Å². The molecule has 7 heteroatoms. The predicted octanol–water partition coefficient (Wildman–Crippen LogP) is 4.34. The van der Waals surface area contributed by atoms with E-state index in [-0.39, 0.29) is 12.1 Å². The molecule has 26 heavy (non-hydrogen) atoms. The Kier molecular flexibility index (Phi) is 5.42. The monoisotopic (exact) mass is 371 g/mol. The van der Waals surface area contributed by atoms with Crippen LogP contribution < -0.4 is 10.6 Å². The number of nitrogens with one attached hydrogen (secondary N) is 2. The van der Waals surface area contributed by atoms with Crippen molar-refractivity contribution in [1.82, 2.24) is 19.9 Å². The maximum atomic E-state index is 12.2. The molecule has 0 fully saturated rings. The van der Waals surface area contributed by atoms with Gasteiger partial charge in [0.1, 0.15) is 11.3 Å². The molecule has 2 amide bonds. The second kappa shape index (κ2) is 7.74. The van der Waals surface area contributed by atoms with Gasteiger partial charge in [0.05, 0.1) is 0 Å². The number of halogens is 1. The van der Waals surface area contributed by atoms with Crippen molar-refractivity contribution in [3.8, 4) is 0 Å². The molecule has 0 spiro atoms. The third-order valence-corrected chi connectivity index (χ3v) is 4.36. The summed E-state index contributed by atoms with van der Waals surface area (Å²) in [4.78, 5) is 21.2. The third kappa shape index (κ3) is 3.96. The SMILES string of the molecule is Cc1ccc(Cl)cc1NC(=O)NCCc1nc2cccnc2n1C(C)C. The molecule has 6 nitrogen and oxygen atoms in total. The van der Waals surface area contributed by atoms with E-state index < -0.39 is 0 Å². The van der Waals surface area contributed by atoms with E-state index in [4.69, 9.17) is 11.6 Å². The van der Waals surface area contributed by atoms with Crippen LogP contribution in [0.15, 0.2) is 36.5 Å². The molecule has 0 aliphatic carbocycles. The van der Waals surface area contributed by atoms with Crippen molar-refractivity contribution in [3.63, 3.8) is 0 Å². The molecule has 2 aromatic heterocycles. The molecule has 3 rings (SSSR count). The van der Waals surface area contributed by atoms with Crippen LogP contribution in [0, 0.1) is 6.92 Å². The summed E-state index contributed by atoms with van der Waals surface area (Å²) in [6.07, 6.45) is 2.39. The van der Waals surface area contributed by atoms with Gasteiger partial charge in [0.15, 0.2) is 5.65 Å². The third-order valence-electron chi connectivity index (χ3n) is 4.12. The van der Waals surface area contributed by atoms with Gasteiger partial charge in [0.25, 0.3) is 0 Å². The Bertz CT molecular complexity index is 935. The van der Waals surface area contributed by atoms with Gasteiger partial charge < -0.3 is 15.2 Å². The lowest BCUT2D eigenvalue weighted by Crippen LogP contribution is -2.31. The molecule has 0 aliphatic rings. The molecule has 0 aliphatic heterocycles. The maximum Gasteiger partial charge on any atom is 0.319 e. The summed E-state index contributed by atoms with van der Waals surface area (Å²) in [7, 11) is 0. The van der Waals surface area contributed by atoms with Crippen molar-refractivity contribution < 1.29 is 4.79 Å². The van der Waals surface area contributed by atoms with Crippen LogP contribution in [0.5, 0.6) is 0 Å². The Morgan fingerprint density at radius 2 is 2.12 bits per heavy atom. The largest absolute Gasteiger partial charge is 0.337 e. The van der Waals surface area contributed by atoms with E-state index >= 15 is 0 Å². The number of hydrogen-bond acceptors (Lipinski definition) is 3. The number of imidazole rings is 1. The van der Waals surface area contributed by atoms with E-state index in [9.17, 15) is 4.79 Å². The summed E-state index contributed by atoms with van der Waals surface area (Å²) < 4.78 is 2.11. The number of benzene rings is 1. The van der Waals surface area contributed by atoms with Gasteiger partial charge in [-0.3, -0.25) is 0 Å². The highest BCUT2D eigenvalue weighted by molar-refractivity contribution is 6.31. The van der Waals surface area contributed by atoms with E-state index in [1.807, 2.05) is 25.1 Å². The van der Waals surface area contributed by atoms with Crippen molar-refractivity contribution in [2.75, 3.05) is 11.9 Å². The summed E-state index contributed by atoms with van der Waals surface area (Å²) in [6, 6.07) is 9.21. The quantitative estimate of drug-likeness (QED) is 0.700. The van der Waals surface area contributed by atoms with Crippen LogP contribution in [0.1, 0.15) is 31.3 Å². The zero-order valence-corrected chi connectivity index (χ0v) is 15.8. The zero-order valence-electron chi connectivity index (χ0n) is 15.1. The van der Waals surface area contributed by atoms with Crippen LogP contribution in [-0.2, 0) is 6.42 Å². The van der Waals surface area contributed by atoms with E-state index in [1.165, 1.54) is 0 Å². The number of pyridine rings is 1. The van der Waals surface area contributed by atoms with Gasteiger partial charge in [-0.1, -0.05) is 17.7 Å². The van der Waals surface area contributed by atoms with Crippen LogP contribution in [0.25, 0.3) is 11.2 Å². The van der Waals surface area contributed by atoms with Gasteiger partial charge in [-0.15, -0.1) is 0 Å². The first-order valence-corrected chi connectivity index (χ1v) is 8.96. The number of anilines is 1. The lowest BCUT2D eigenvalue weighted by Gasteiger charge is -2.13. The Morgan fingerprint density at radius 1 is 1.31 bits per heavy atom. The van der Waals surface area contributed by atoms with E-state index in [2.05, 4.69) is 39.0 Å². The fraction of sp³-hybridized carbons (Fsp3) is 0.316. The molecule has 0 radical (unpaired) electrons. The van der Waals surface area contributed by atoms with Crippen LogP contribution in [-0.4, -0.2) is 27.1 Å². The first kappa shape index (κ1) is 18.2. The molecule has 1 aromatic carbocycles. The van der Waals surface area contributed by atoms with Crippen LogP contribution >= 0.6 is 11.6 Å². The van der Waals surface area contributed by atoms with Crippen LogP contribution in [0.2, 0.25) is 5.02 Å². The fourth-order valence-corrected chi connectivity index (χ4v) is 3.05. The second-order valence-electron chi connectivity index (χ2n) is 6.43. The number of carbonyl (C=O) groups is 1. The number of nitrogens with zero attached hydrogens (tertiary/aromatic N) is 3. The lowest BCUT2D eigenvalue weighted by molar-refractivity contribution is 0.252. The minimum absolute atomic E-state index is 0.243. The summed E-state index contributed by atoms with van der Waals surface area (Å²) in [6.45, 7) is 6.59. The van der Waals surface area contributed by atoms with Gasteiger partial charge in [0.2, 0.25) is 0 Å². The number of amides is 2. The number of hydrogen-bond donors (Lipinski definition) is 2. The average molecular weight is 372 g/mol. The summed E-state index contributed by atoms with van der Waals surface area (Å²) in [5.74, 6) is 0.910. The number of carbonyl (C=O) groups excluding carboxylic acids is 1. The Balaban J connectivity index is 1.64. The maximum absolute atomic E-state index is 12.2. The molecule has 0 unspecified atom stereocenters. The summed E-state index contributed by atoms with van der Waals surface area (Å²) in [5, 5.41) is 6.28. The molecular formula is C19H22ClN5O. The summed E-state index contributed by atoms with van der Waals surface area (Å²) in [5.41, 5.74) is 3.40. The molecule has 136 valence electrons. The molecule has 0 saturated carbocycles. The number of rotatable bonds is 5. The van der Waals surface area contributed by atoms with Crippen molar-refractivity contribution >= 4 is 34.5 Å². The highest BCUT2D eigenvalue weighted by Gasteiger charge is 2.14. The lowest BCUT2D eigenvalue weighted by atomic mass is 10.2. The highest BCUT2D eigenvalue weighted by atomic mass is 35.5. The number of aryl methyl sites for hydroxylation is 1. The van der Waals surface area contributed by atoms with Crippen molar-refractivity contribution in [1.29, 1.82) is 0 Å². The zero-order chi connectivity index (χ0) is 18.7. The van der Waals surface area contributed by atoms with Crippen molar-refractivity contribution in [2.24, 2.45) is 0 Å². The van der Waals surface area contributed by atoms with Gasteiger partial charge >= 0.3 is 6.03 Å². The molecule has 0 bridgehead atoms. The molecule has 3 aromatic rings. The van der Waals surface area contributed by atoms with Gasteiger partial charge in [-0.25, -0.2) is 14.8 Å². The number of aromatic nitrogens is 3. The normalized spacial score (nSPS) is 11.1. The first-order chi connectivity index (χ1) is 12.5. The first-order valence-electron chi connectivity index (χ1n) is 8.58. The summed E-state index contributed by atoms with van der Waals surface area (Å²) >= 11 is 5.98. The smallest absolute Gasteiger partial charge is 0.319 e. The fourth-order valence-electron chi connectivity index (χ4n) is 2.88. The number of fused-ring (bicyclic) bond motifs is 1. The van der Waals surface area contributed by atoms with E-state index in [0.717, 1.165) is 22.6 Å². The van der Waals surface area contributed by atoms with E-state index in [0.29, 0.717) is 23.7 Å². The Morgan fingerprint density at radius 3 is 2.88 bits per heavy atom. The van der Waals surface area contributed by atoms with E-state index in [1.54, 1.807) is 18.3 Å². The second-order valence-corrected chi connectivity index (χ2v) is 6.86. The average Bonchev–Trinajstić information content (AvgIpc) is 2.96. The van der Waals surface area contributed by atoms with Crippen molar-refractivity contribution in [3.05, 3.63) is 52.9 Å². The van der Waals surface area contributed by atoms with Gasteiger partial charge in [-0.05, 0) is 50.6 Å². The standard InChI is InChI=1S/C19H22ClN5O/c1-12(2)25-17(23-15-5-4-9-21-18(15)25)8-10-22-19(26)24-16-11-14(20)7-6-13(16)3/h4-7,9,11-12H,8,10H2,1-3H3,(H2,22,24,26). The Hall–Kier alpha value is -2.60. The van der Waals surface area contributed by atoms with Crippen LogP contribution in [0.4, 0.5) is 10.5 Å². The minimum atomic E-state index is -0.263. The number of urea groups is 1. The van der Waals surface area contributed by atoms with Gasteiger partial charge in [-0.2, -0.15) is 0 Å². The van der Waals surface area contributed by atoms with Crippen molar-refractivity contribution in [2.45, 2.75) is 33.2 Å². The molecule has 0 atom stereocenters. The molecule has 2 N–H and O–H groups in total. The minimum Gasteiger partial charge on any atom is -0.337 e. The van der Waals surface area contributed by atoms with Crippen LogP contribution in [0.3, 0.4) is 0 Å². The Labute approximate surface area is 157 Å². The predicted molar refractivity (Wildman–Crippen MR) is 105 cm³/mol.